The Labute approximate surface area is 162 Å². The van der Waals surface area contributed by atoms with Gasteiger partial charge in [-0.1, -0.05) is 18.2 Å². The summed E-state index contributed by atoms with van der Waals surface area (Å²) in [4.78, 5) is 18.2. The van der Waals surface area contributed by atoms with Gasteiger partial charge in [0.1, 0.15) is 12.7 Å². The molecular formula is C21H20N4O3. The van der Waals surface area contributed by atoms with Gasteiger partial charge in [-0.15, -0.1) is 0 Å². The zero-order valence-electron chi connectivity index (χ0n) is 15.6. The zero-order valence-corrected chi connectivity index (χ0v) is 15.6. The van der Waals surface area contributed by atoms with Crippen molar-refractivity contribution >= 4 is 12.0 Å². The Morgan fingerprint density at radius 1 is 1.18 bits per heavy atom. The van der Waals surface area contributed by atoms with Crippen LogP contribution in [0.5, 0.6) is 11.5 Å². The van der Waals surface area contributed by atoms with Crippen LogP contribution in [-0.2, 0) is 4.79 Å². The van der Waals surface area contributed by atoms with Crippen LogP contribution in [-0.4, -0.2) is 39.4 Å². The van der Waals surface area contributed by atoms with E-state index in [9.17, 15) is 4.79 Å². The molecule has 4 rings (SSSR count). The van der Waals surface area contributed by atoms with Gasteiger partial charge in [-0.3, -0.25) is 4.79 Å². The van der Waals surface area contributed by atoms with Crippen LogP contribution in [0.1, 0.15) is 24.1 Å². The highest BCUT2D eigenvalue weighted by molar-refractivity contribution is 5.92. The van der Waals surface area contributed by atoms with Crippen molar-refractivity contribution in [2.45, 2.75) is 13.0 Å². The number of hydrogen-bond donors (Lipinski definition) is 0. The number of fused-ring (bicyclic) bond motifs is 1. The zero-order chi connectivity index (χ0) is 19.5. The van der Waals surface area contributed by atoms with Crippen LogP contribution in [0.3, 0.4) is 0 Å². The van der Waals surface area contributed by atoms with Gasteiger partial charge in [0.05, 0.1) is 11.7 Å². The second-order valence-electron chi connectivity index (χ2n) is 6.50. The molecule has 0 saturated heterocycles. The highest BCUT2D eigenvalue weighted by atomic mass is 16.7. The molecule has 0 fully saturated rings. The van der Waals surface area contributed by atoms with Gasteiger partial charge in [-0.25, -0.2) is 9.67 Å². The Morgan fingerprint density at radius 2 is 1.96 bits per heavy atom. The van der Waals surface area contributed by atoms with Gasteiger partial charge in [-0.2, -0.15) is 5.10 Å². The second kappa shape index (κ2) is 7.56. The van der Waals surface area contributed by atoms with Crippen LogP contribution in [0.4, 0.5) is 0 Å². The summed E-state index contributed by atoms with van der Waals surface area (Å²) in [5.74, 6) is 1.35. The number of carbonyl (C=O) groups is 1. The van der Waals surface area contributed by atoms with E-state index in [2.05, 4.69) is 10.1 Å². The third kappa shape index (κ3) is 3.59. The number of nitrogens with zero attached hydrogens (tertiary/aromatic N) is 4. The first kappa shape index (κ1) is 17.8. The predicted molar refractivity (Wildman–Crippen MR) is 104 cm³/mol. The van der Waals surface area contributed by atoms with Gasteiger partial charge in [0.15, 0.2) is 11.5 Å². The van der Waals surface area contributed by atoms with E-state index in [0.29, 0.717) is 5.75 Å². The average molecular weight is 376 g/mol. The second-order valence-corrected chi connectivity index (χ2v) is 6.50. The van der Waals surface area contributed by atoms with Crippen LogP contribution in [0, 0.1) is 0 Å². The molecule has 1 aromatic heterocycles. The first-order chi connectivity index (χ1) is 13.6. The molecule has 2 heterocycles. The number of likely N-dealkylation sites (N-methyl/N-ethyl adjacent to an activating group) is 1. The van der Waals surface area contributed by atoms with Crippen LogP contribution in [0.15, 0.2) is 61.2 Å². The predicted octanol–water partition coefficient (Wildman–Crippen LogP) is 3.23. The fourth-order valence-corrected chi connectivity index (χ4v) is 2.96. The summed E-state index contributed by atoms with van der Waals surface area (Å²) in [7, 11) is 1.79. The van der Waals surface area contributed by atoms with Crippen molar-refractivity contribution in [3.05, 3.63) is 72.3 Å². The lowest BCUT2D eigenvalue weighted by molar-refractivity contribution is -0.126. The molecule has 0 bridgehead atoms. The van der Waals surface area contributed by atoms with Crippen molar-refractivity contribution in [3.8, 4) is 17.2 Å². The largest absolute Gasteiger partial charge is 0.454 e. The highest BCUT2D eigenvalue weighted by Crippen LogP contribution is 2.32. The molecule has 7 nitrogen and oxygen atoms in total. The molecule has 0 aliphatic carbocycles. The maximum absolute atomic E-state index is 12.6. The quantitative estimate of drug-likeness (QED) is 0.640. The topological polar surface area (TPSA) is 69.5 Å². The fourth-order valence-electron chi connectivity index (χ4n) is 2.96. The minimum absolute atomic E-state index is 0.0706. The number of carbonyl (C=O) groups excluding carboxylic acids is 1. The van der Waals surface area contributed by atoms with E-state index in [1.807, 2.05) is 49.4 Å². The summed E-state index contributed by atoms with van der Waals surface area (Å²) in [6.45, 7) is 2.23. The molecule has 1 atom stereocenters. The minimum atomic E-state index is -0.0782. The Hall–Kier alpha value is -3.61. The van der Waals surface area contributed by atoms with Crippen LogP contribution >= 0.6 is 0 Å². The molecule has 1 aliphatic heterocycles. The summed E-state index contributed by atoms with van der Waals surface area (Å²) in [5, 5.41) is 4.11. The number of rotatable bonds is 5. The number of hydrogen-bond acceptors (Lipinski definition) is 5. The molecule has 7 heteroatoms. The van der Waals surface area contributed by atoms with Crippen LogP contribution in [0.25, 0.3) is 11.8 Å². The molecule has 0 unspecified atom stereocenters. The fraction of sp³-hybridized carbons (Fsp3) is 0.190. The van der Waals surface area contributed by atoms with E-state index < -0.39 is 0 Å². The van der Waals surface area contributed by atoms with Crippen molar-refractivity contribution in [3.63, 3.8) is 0 Å². The summed E-state index contributed by atoms with van der Waals surface area (Å²) in [5.41, 5.74) is 2.84. The minimum Gasteiger partial charge on any atom is -0.454 e. The van der Waals surface area contributed by atoms with Gasteiger partial charge >= 0.3 is 0 Å². The molecule has 0 spiro atoms. The number of amides is 1. The Kier molecular flexibility index (Phi) is 4.80. The molecular weight excluding hydrogens is 356 g/mol. The van der Waals surface area contributed by atoms with Crippen molar-refractivity contribution in [1.82, 2.24) is 19.7 Å². The Balaban J connectivity index is 1.42. The van der Waals surface area contributed by atoms with E-state index >= 15 is 0 Å². The molecule has 1 aliphatic rings. The van der Waals surface area contributed by atoms with Crippen molar-refractivity contribution in [1.29, 1.82) is 0 Å². The van der Waals surface area contributed by atoms with Crippen molar-refractivity contribution in [2.75, 3.05) is 13.8 Å². The third-order valence-corrected chi connectivity index (χ3v) is 4.80. The Bertz CT molecular complexity index is 997. The molecule has 28 heavy (non-hydrogen) atoms. The average Bonchev–Trinajstić information content (AvgIpc) is 3.42. The standard InChI is InChI=1S/C21H20N4O3/c1-15(17-5-7-18(8-6-17)25-13-22-12-23-25)24(2)21(26)10-4-16-3-9-19-20(11-16)28-14-27-19/h3-13,15H,14H2,1-2H3/b10-4+/t15-/m0/s1. The van der Waals surface area contributed by atoms with Crippen LogP contribution < -0.4 is 9.47 Å². The molecule has 0 radical (unpaired) electrons. The molecule has 1 amide bonds. The summed E-state index contributed by atoms with van der Waals surface area (Å²) in [6, 6.07) is 13.4. The highest BCUT2D eigenvalue weighted by Gasteiger charge is 2.16. The van der Waals surface area contributed by atoms with E-state index in [1.54, 1.807) is 35.1 Å². The van der Waals surface area contributed by atoms with E-state index in [1.165, 1.54) is 6.33 Å². The summed E-state index contributed by atoms with van der Waals surface area (Å²) in [6.07, 6.45) is 6.49. The lowest BCUT2D eigenvalue weighted by Crippen LogP contribution is -2.27. The van der Waals surface area contributed by atoms with Gasteiger partial charge < -0.3 is 14.4 Å². The van der Waals surface area contributed by atoms with Crippen LogP contribution in [0.2, 0.25) is 0 Å². The number of benzene rings is 2. The van der Waals surface area contributed by atoms with Gasteiger partial charge in [0, 0.05) is 13.1 Å². The van der Waals surface area contributed by atoms with Crippen molar-refractivity contribution < 1.29 is 14.3 Å². The number of ether oxygens (including phenoxy) is 2. The third-order valence-electron chi connectivity index (χ3n) is 4.80. The van der Waals surface area contributed by atoms with Gasteiger partial charge in [-0.05, 0) is 48.4 Å². The normalized spacial score (nSPS) is 13.6. The molecule has 0 N–H and O–H groups in total. The SMILES string of the molecule is C[C@@H](c1ccc(-n2cncn2)cc1)N(C)C(=O)/C=C/c1ccc2c(c1)OCO2. The van der Waals surface area contributed by atoms with E-state index in [4.69, 9.17) is 9.47 Å². The lowest BCUT2D eigenvalue weighted by atomic mass is 10.1. The molecule has 2 aromatic carbocycles. The maximum Gasteiger partial charge on any atom is 0.246 e. The van der Waals surface area contributed by atoms with E-state index in [-0.39, 0.29) is 18.7 Å². The first-order valence-corrected chi connectivity index (χ1v) is 8.91. The Morgan fingerprint density at radius 3 is 2.71 bits per heavy atom. The van der Waals surface area contributed by atoms with Gasteiger partial charge in [0.2, 0.25) is 12.7 Å². The molecule has 0 saturated carbocycles. The monoisotopic (exact) mass is 376 g/mol. The number of aromatic nitrogens is 3. The summed E-state index contributed by atoms with van der Waals surface area (Å²) >= 11 is 0. The maximum atomic E-state index is 12.6. The van der Waals surface area contributed by atoms with Gasteiger partial charge in [0.25, 0.3) is 0 Å². The van der Waals surface area contributed by atoms with E-state index in [0.717, 1.165) is 22.6 Å². The van der Waals surface area contributed by atoms with Crippen molar-refractivity contribution in [2.24, 2.45) is 0 Å². The molecule has 142 valence electrons. The lowest BCUT2D eigenvalue weighted by Gasteiger charge is -2.24. The molecule has 3 aromatic rings. The first-order valence-electron chi connectivity index (χ1n) is 8.91. The summed E-state index contributed by atoms with van der Waals surface area (Å²) < 4.78 is 12.4. The smallest absolute Gasteiger partial charge is 0.246 e.